The van der Waals surface area contributed by atoms with Gasteiger partial charge in [0.05, 0.1) is 26.5 Å². The zero-order valence-electron chi connectivity index (χ0n) is 13.4. The Morgan fingerprint density at radius 2 is 1.78 bits per heavy atom. The van der Waals surface area contributed by atoms with Crippen LogP contribution in [-0.4, -0.2) is 26.7 Å². The molecule has 0 aliphatic carbocycles. The Bertz CT molecular complexity index is 628. The van der Waals surface area contributed by atoms with Gasteiger partial charge in [0.2, 0.25) is 5.91 Å². The number of benzene rings is 2. The van der Waals surface area contributed by atoms with Crippen molar-refractivity contribution in [3.8, 4) is 17.2 Å². The maximum atomic E-state index is 12.0. The molecule has 122 valence electrons. The first-order chi connectivity index (χ1) is 11.2. The average molecular weight is 315 g/mol. The van der Waals surface area contributed by atoms with Crippen LogP contribution in [0.2, 0.25) is 0 Å². The quantitative estimate of drug-likeness (QED) is 0.758. The van der Waals surface area contributed by atoms with Crippen molar-refractivity contribution in [2.75, 3.05) is 26.1 Å². The number of methoxy groups -OCH3 is 2. The van der Waals surface area contributed by atoms with Gasteiger partial charge in [-0.2, -0.15) is 0 Å². The highest BCUT2D eigenvalue weighted by Crippen LogP contribution is 2.29. The summed E-state index contributed by atoms with van der Waals surface area (Å²) in [5.74, 6) is 1.98. The van der Waals surface area contributed by atoms with E-state index in [0.717, 1.165) is 5.75 Å². The fourth-order valence-corrected chi connectivity index (χ4v) is 2.06. The van der Waals surface area contributed by atoms with Gasteiger partial charge < -0.3 is 19.5 Å². The highest BCUT2D eigenvalue weighted by molar-refractivity contribution is 5.92. The summed E-state index contributed by atoms with van der Waals surface area (Å²) in [5, 5.41) is 2.84. The van der Waals surface area contributed by atoms with Crippen LogP contribution >= 0.6 is 0 Å². The van der Waals surface area contributed by atoms with E-state index in [1.807, 2.05) is 30.3 Å². The molecule has 2 rings (SSSR count). The summed E-state index contributed by atoms with van der Waals surface area (Å²) in [6.45, 7) is 0.493. The Kier molecular flexibility index (Phi) is 6.29. The summed E-state index contributed by atoms with van der Waals surface area (Å²) in [4.78, 5) is 12.0. The van der Waals surface area contributed by atoms with Gasteiger partial charge in [0, 0.05) is 12.5 Å². The summed E-state index contributed by atoms with van der Waals surface area (Å²) in [6, 6.07) is 14.8. The average Bonchev–Trinajstić information content (AvgIpc) is 2.59. The second kappa shape index (κ2) is 8.68. The fraction of sp³-hybridized carbons (Fsp3) is 0.278. The maximum Gasteiger partial charge on any atom is 0.224 e. The number of rotatable bonds is 8. The minimum atomic E-state index is -0.0896. The molecule has 0 aromatic heterocycles. The molecule has 2 aromatic carbocycles. The van der Waals surface area contributed by atoms with E-state index < -0.39 is 0 Å². The summed E-state index contributed by atoms with van der Waals surface area (Å²) >= 11 is 0. The number of para-hydroxylation sites is 1. The zero-order chi connectivity index (χ0) is 16.5. The molecule has 0 atom stereocenters. The van der Waals surface area contributed by atoms with Gasteiger partial charge in [-0.25, -0.2) is 0 Å². The van der Waals surface area contributed by atoms with Crippen molar-refractivity contribution >= 4 is 11.6 Å². The number of amides is 1. The predicted octanol–water partition coefficient (Wildman–Crippen LogP) is 3.50. The number of ether oxygens (including phenoxy) is 3. The highest BCUT2D eigenvalue weighted by atomic mass is 16.5. The molecule has 0 heterocycles. The van der Waals surface area contributed by atoms with Crippen LogP contribution in [0.3, 0.4) is 0 Å². The smallest absolute Gasteiger partial charge is 0.224 e. The van der Waals surface area contributed by atoms with Crippen molar-refractivity contribution in [1.29, 1.82) is 0 Å². The molecule has 23 heavy (non-hydrogen) atoms. The Hall–Kier alpha value is -2.69. The standard InChI is InChI=1S/C18H21NO4/c1-21-15-10-11-17(22-2)16(13-15)19-18(20)9-6-12-23-14-7-4-3-5-8-14/h3-5,7-8,10-11,13H,6,9,12H2,1-2H3,(H,19,20). The van der Waals surface area contributed by atoms with Crippen molar-refractivity contribution in [1.82, 2.24) is 0 Å². The van der Waals surface area contributed by atoms with Crippen LogP contribution < -0.4 is 19.5 Å². The van der Waals surface area contributed by atoms with Gasteiger partial charge in [0.15, 0.2) is 0 Å². The van der Waals surface area contributed by atoms with Gasteiger partial charge in [0.1, 0.15) is 17.2 Å². The van der Waals surface area contributed by atoms with Crippen LogP contribution in [-0.2, 0) is 4.79 Å². The molecule has 5 heteroatoms. The molecule has 0 aliphatic heterocycles. The molecule has 1 N–H and O–H groups in total. The van der Waals surface area contributed by atoms with Crippen LogP contribution in [0.25, 0.3) is 0 Å². The summed E-state index contributed by atoms with van der Waals surface area (Å²) in [6.07, 6.45) is 1.00. The summed E-state index contributed by atoms with van der Waals surface area (Å²) < 4.78 is 16.0. The summed E-state index contributed by atoms with van der Waals surface area (Å²) in [5.41, 5.74) is 0.598. The SMILES string of the molecule is COc1ccc(OC)c(NC(=O)CCCOc2ccccc2)c1. The van der Waals surface area contributed by atoms with E-state index in [-0.39, 0.29) is 5.91 Å². The second-order valence-electron chi connectivity index (χ2n) is 4.88. The van der Waals surface area contributed by atoms with Crippen molar-refractivity contribution in [3.63, 3.8) is 0 Å². The van der Waals surface area contributed by atoms with Crippen molar-refractivity contribution in [2.24, 2.45) is 0 Å². The molecule has 5 nitrogen and oxygen atoms in total. The maximum absolute atomic E-state index is 12.0. The van der Waals surface area contributed by atoms with Crippen LogP contribution in [0.5, 0.6) is 17.2 Å². The lowest BCUT2D eigenvalue weighted by atomic mass is 10.2. The van der Waals surface area contributed by atoms with Gasteiger partial charge in [-0.3, -0.25) is 4.79 Å². The largest absolute Gasteiger partial charge is 0.497 e. The third-order valence-corrected chi connectivity index (χ3v) is 3.24. The first kappa shape index (κ1) is 16.7. The molecular formula is C18H21NO4. The van der Waals surface area contributed by atoms with Crippen molar-refractivity contribution < 1.29 is 19.0 Å². The monoisotopic (exact) mass is 315 g/mol. The molecule has 1 amide bonds. The lowest BCUT2D eigenvalue weighted by molar-refractivity contribution is -0.116. The molecule has 0 fully saturated rings. The molecule has 0 radical (unpaired) electrons. The van der Waals surface area contributed by atoms with Gasteiger partial charge in [0.25, 0.3) is 0 Å². The number of carbonyl (C=O) groups is 1. The lowest BCUT2D eigenvalue weighted by Crippen LogP contribution is -2.13. The minimum absolute atomic E-state index is 0.0896. The van der Waals surface area contributed by atoms with Gasteiger partial charge >= 0.3 is 0 Å². The van der Waals surface area contributed by atoms with E-state index in [2.05, 4.69) is 5.32 Å². The van der Waals surface area contributed by atoms with Crippen LogP contribution in [0, 0.1) is 0 Å². The van der Waals surface area contributed by atoms with E-state index in [9.17, 15) is 4.79 Å². The molecule has 0 unspecified atom stereocenters. The minimum Gasteiger partial charge on any atom is -0.497 e. The zero-order valence-corrected chi connectivity index (χ0v) is 13.4. The molecule has 2 aromatic rings. The van der Waals surface area contributed by atoms with E-state index in [1.54, 1.807) is 32.4 Å². The van der Waals surface area contributed by atoms with Gasteiger partial charge in [-0.15, -0.1) is 0 Å². The number of carbonyl (C=O) groups excluding carboxylic acids is 1. The summed E-state index contributed by atoms with van der Waals surface area (Å²) in [7, 11) is 3.14. The molecule has 0 saturated carbocycles. The van der Waals surface area contributed by atoms with E-state index in [1.165, 1.54) is 0 Å². The number of hydrogen-bond acceptors (Lipinski definition) is 4. The number of anilines is 1. The third kappa shape index (κ3) is 5.21. The normalized spacial score (nSPS) is 10.0. The highest BCUT2D eigenvalue weighted by Gasteiger charge is 2.09. The second-order valence-corrected chi connectivity index (χ2v) is 4.88. The van der Waals surface area contributed by atoms with Crippen LogP contribution in [0.15, 0.2) is 48.5 Å². The van der Waals surface area contributed by atoms with E-state index in [4.69, 9.17) is 14.2 Å². The van der Waals surface area contributed by atoms with E-state index >= 15 is 0 Å². The van der Waals surface area contributed by atoms with Crippen molar-refractivity contribution in [3.05, 3.63) is 48.5 Å². The van der Waals surface area contributed by atoms with Crippen LogP contribution in [0.1, 0.15) is 12.8 Å². The molecule has 0 saturated heterocycles. The topological polar surface area (TPSA) is 56.8 Å². The Labute approximate surface area is 136 Å². The Morgan fingerprint density at radius 1 is 1.00 bits per heavy atom. The van der Waals surface area contributed by atoms with Gasteiger partial charge in [-0.05, 0) is 30.7 Å². The fourth-order valence-electron chi connectivity index (χ4n) is 2.06. The van der Waals surface area contributed by atoms with E-state index in [0.29, 0.717) is 36.6 Å². The van der Waals surface area contributed by atoms with Gasteiger partial charge in [-0.1, -0.05) is 18.2 Å². The number of nitrogens with one attached hydrogen (secondary N) is 1. The van der Waals surface area contributed by atoms with Crippen LogP contribution in [0.4, 0.5) is 5.69 Å². The number of hydrogen-bond donors (Lipinski definition) is 1. The first-order valence-electron chi connectivity index (χ1n) is 7.42. The molecular weight excluding hydrogens is 294 g/mol. The Morgan fingerprint density at radius 3 is 2.48 bits per heavy atom. The van der Waals surface area contributed by atoms with Crippen molar-refractivity contribution in [2.45, 2.75) is 12.8 Å². The third-order valence-electron chi connectivity index (χ3n) is 3.24. The lowest BCUT2D eigenvalue weighted by Gasteiger charge is -2.12. The Balaban J connectivity index is 1.80. The molecule has 0 aliphatic rings. The molecule has 0 spiro atoms. The predicted molar refractivity (Wildman–Crippen MR) is 89.3 cm³/mol. The molecule has 0 bridgehead atoms. The first-order valence-corrected chi connectivity index (χ1v) is 7.42.